The highest BCUT2D eigenvalue weighted by Crippen LogP contribution is 2.29. The van der Waals surface area contributed by atoms with Crippen molar-refractivity contribution in [2.24, 2.45) is 0 Å². The summed E-state index contributed by atoms with van der Waals surface area (Å²) in [7, 11) is 0. The molecule has 1 heterocycles. The standard InChI is InChI=1S/C6H6ClF3N2S2/c7-4-3-13-5(12-4)11-1-2-14-6(8,9)10/h3H,1-2H2,(H,11,12). The number of nitrogens with one attached hydrogen (secondary N) is 1. The van der Waals surface area contributed by atoms with Gasteiger partial charge in [-0.3, -0.25) is 0 Å². The Labute approximate surface area is 91.9 Å². The minimum absolute atomic E-state index is 0.0410. The summed E-state index contributed by atoms with van der Waals surface area (Å²) in [5.74, 6) is -0.0410. The van der Waals surface area contributed by atoms with Crippen LogP contribution < -0.4 is 5.32 Å². The number of anilines is 1. The molecule has 0 aliphatic heterocycles. The highest BCUT2D eigenvalue weighted by atomic mass is 35.5. The fourth-order valence-electron chi connectivity index (χ4n) is 0.660. The minimum atomic E-state index is -4.16. The van der Waals surface area contributed by atoms with Gasteiger partial charge in [0.15, 0.2) is 5.13 Å². The van der Waals surface area contributed by atoms with Gasteiger partial charge in [0.05, 0.1) is 0 Å². The zero-order valence-electron chi connectivity index (χ0n) is 6.77. The summed E-state index contributed by atoms with van der Waals surface area (Å²) < 4.78 is 35.1. The van der Waals surface area contributed by atoms with Crippen molar-refractivity contribution in [3.8, 4) is 0 Å². The minimum Gasteiger partial charge on any atom is -0.361 e. The van der Waals surface area contributed by atoms with E-state index in [2.05, 4.69) is 10.3 Å². The van der Waals surface area contributed by atoms with E-state index in [1.807, 2.05) is 0 Å². The fourth-order valence-corrected chi connectivity index (χ4v) is 1.96. The van der Waals surface area contributed by atoms with Crippen LogP contribution in [0.25, 0.3) is 0 Å². The van der Waals surface area contributed by atoms with E-state index in [1.165, 1.54) is 11.3 Å². The Morgan fingerprint density at radius 1 is 1.57 bits per heavy atom. The Morgan fingerprint density at radius 3 is 2.79 bits per heavy atom. The van der Waals surface area contributed by atoms with Gasteiger partial charge in [-0.05, 0) is 11.8 Å². The fraction of sp³-hybridized carbons (Fsp3) is 0.500. The van der Waals surface area contributed by atoms with Gasteiger partial charge in [0, 0.05) is 17.7 Å². The van der Waals surface area contributed by atoms with Crippen LogP contribution in [-0.4, -0.2) is 22.8 Å². The maximum atomic E-state index is 11.7. The maximum absolute atomic E-state index is 11.7. The van der Waals surface area contributed by atoms with E-state index in [-0.39, 0.29) is 24.1 Å². The third-order valence-electron chi connectivity index (χ3n) is 1.12. The molecule has 1 N–H and O–H groups in total. The molecule has 0 radical (unpaired) electrons. The SMILES string of the molecule is FC(F)(F)SCCNc1nc(Cl)cs1. The molecule has 14 heavy (non-hydrogen) atoms. The summed E-state index contributed by atoms with van der Waals surface area (Å²) in [5, 5.41) is 5.24. The number of aromatic nitrogens is 1. The lowest BCUT2D eigenvalue weighted by Crippen LogP contribution is -2.09. The summed E-state index contributed by atoms with van der Waals surface area (Å²) in [4.78, 5) is 3.83. The van der Waals surface area contributed by atoms with Gasteiger partial charge in [-0.1, -0.05) is 11.6 Å². The largest absolute Gasteiger partial charge is 0.441 e. The van der Waals surface area contributed by atoms with Gasteiger partial charge < -0.3 is 5.32 Å². The Balaban J connectivity index is 2.16. The van der Waals surface area contributed by atoms with Crippen LogP contribution in [-0.2, 0) is 0 Å². The van der Waals surface area contributed by atoms with Crippen molar-refractivity contribution in [3.63, 3.8) is 0 Å². The molecular weight excluding hydrogens is 257 g/mol. The number of rotatable bonds is 4. The Morgan fingerprint density at radius 2 is 2.29 bits per heavy atom. The Kier molecular flexibility index (Phi) is 4.33. The van der Waals surface area contributed by atoms with Crippen molar-refractivity contribution < 1.29 is 13.2 Å². The van der Waals surface area contributed by atoms with Crippen LogP contribution in [0.15, 0.2) is 5.38 Å². The summed E-state index contributed by atoms with van der Waals surface area (Å²) in [6.45, 7) is 0.216. The number of halogens is 4. The molecule has 0 aliphatic carbocycles. The van der Waals surface area contributed by atoms with Crippen molar-refractivity contribution in [1.29, 1.82) is 0 Å². The van der Waals surface area contributed by atoms with Crippen molar-refractivity contribution >= 4 is 39.8 Å². The molecule has 2 nitrogen and oxygen atoms in total. The molecule has 0 saturated carbocycles. The van der Waals surface area contributed by atoms with Crippen LogP contribution in [0.2, 0.25) is 5.15 Å². The van der Waals surface area contributed by atoms with Gasteiger partial charge in [-0.2, -0.15) is 13.2 Å². The molecule has 0 aromatic carbocycles. The van der Waals surface area contributed by atoms with Crippen molar-refractivity contribution in [1.82, 2.24) is 4.98 Å². The average molecular weight is 263 g/mol. The average Bonchev–Trinajstić information content (AvgIpc) is 2.44. The number of hydrogen-bond acceptors (Lipinski definition) is 4. The van der Waals surface area contributed by atoms with Crippen LogP contribution in [0.5, 0.6) is 0 Å². The van der Waals surface area contributed by atoms with Gasteiger partial charge in [-0.15, -0.1) is 11.3 Å². The van der Waals surface area contributed by atoms with Crippen LogP contribution in [0.1, 0.15) is 0 Å². The molecule has 0 aliphatic rings. The lowest BCUT2D eigenvalue weighted by atomic mass is 10.7. The van der Waals surface area contributed by atoms with E-state index in [9.17, 15) is 13.2 Å². The van der Waals surface area contributed by atoms with Crippen LogP contribution in [0.3, 0.4) is 0 Å². The smallest absolute Gasteiger partial charge is 0.361 e. The molecule has 0 spiro atoms. The number of nitrogens with zero attached hydrogens (tertiary/aromatic N) is 1. The van der Waals surface area contributed by atoms with Gasteiger partial charge >= 0.3 is 5.51 Å². The number of hydrogen-bond donors (Lipinski definition) is 1. The first-order valence-electron chi connectivity index (χ1n) is 3.53. The molecule has 0 fully saturated rings. The predicted molar refractivity (Wildman–Crippen MR) is 54.1 cm³/mol. The number of alkyl halides is 3. The molecule has 0 atom stereocenters. The number of thioether (sulfide) groups is 1. The predicted octanol–water partition coefficient (Wildman–Crippen LogP) is 3.46. The van der Waals surface area contributed by atoms with Crippen LogP contribution in [0.4, 0.5) is 18.3 Å². The molecule has 8 heteroatoms. The quantitative estimate of drug-likeness (QED) is 0.841. The molecule has 80 valence electrons. The second-order valence-electron chi connectivity index (χ2n) is 2.20. The zero-order valence-corrected chi connectivity index (χ0v) is 9.16. The van der Waals surface area contributed by atoms with E-state index in [0.717, 1.165) is 0 Å². The van der Waals surface area contributed by atoms with Gasteiger partial charge in [0.2, 0.25) is 0 Å². The van der Waals surface area contributed by atoms with Crippen LogP contribution in [0, 0.1) is 0 Å². The van der Waals surface area contributed by atoms with Crippen molar-refractivity contribution in [2.45, 2.75) is 5.51 Å². The van der Waals surface area contributed by atoms with Gasteiger partial charge in [0.1, 0.15) is 5.15 Å². The number of thiazole rings is 1. The second-order valence-corrected chi connectivity index (χ2v) is 4.60. The Bertz CT molecular complexity index is 289. The van der Waals surface area contributed by atoms with E-state index in [1.54, 1.807) is 5.38 Å². The lowest BCUT2D eigenvalue weighted by molar-refractivity contribution is -0.0327. The van der Waals surface area contributed by atoms with E-state index >= 15 is 0 Å². The lowest BCUT2D eigenvalue weighted by Gasteiger charge is -2.05. The first-order valence-corrected chi connectivity index (χ1v) is 5.77. The first-order chi connectivity index (χ1) is 6.47. The highest BCUT2D eigenvalue weighted by molar-refractivity contribution is 8.00. The monoisotopic (exact) mass is 262 g/mol. The first kappa shape index (κ1) is 11.9. The molecule has 1 aromatic heterocycles. The second kappa shape index (κ2) is 5.09. The maximum Gasteiger partial charge on any atom is 0.441 e. The molecule has 0 amide bonds. The molecule has 0 unspecified atom stereocenters. The summed E-state index contributed by atoms with van der Waals surface area (Å²) in [6.07, 6.45) is 0. The summed E-state index contributed by atoms with van der Waals surface area (Å²) >= 11 is 6.72. The third-order valence-corrected chi connectivity index (χ3v) is 2.98. The summed E-state index contributed by atoms with van der Waals surface area (Å²) in [5.41, 5.74) is -4.16. The van der Waals surface area contributed by atoms with Gasteiger partial charge in [-0.25, -0.2) is 4.98 Å². The van der Waals surface area contributed by atoms with Crippen molar-refractivity contribution in [2.75, 3.05) is 17.6 Å². The molecule has 1 aromatic rings. The van der Waals surface area contributed by atoms with Gasteiger partial charge in [0.25, 0.3) is 0 Å². The Hall–Kier alpha value is -0.140. The van der Waals surface area contributed by atoms with E-state index in [0.29, 0.717) is 10.3 Å². The normalized spacial score (nSPS) is 11.7. The molecular formula is C6H6ClF3N2S2. The van der Waals surface area contributed by atoms with E-state index in [4.69, 9.17) is 11.6 Å². The molecule has 0 bridgehead atoms. The zero-order chi connectivity index (χ0) is 10.6. The van der Waals surface area contributed by atoms with E-state index < -0.39 is 5.51 Å². The van der Waals surface area contributed by atoms with Crippen molar-refractivity contribution in [3.05, 3.63) is 10.5 Å². The highest BCUT2D eigenvalue weighted by Gasteiger charge is 2.27. The van der Waals surface area contributed by atoms with Crippen LogP contribution >= 0.6 is 34.7 Å². The topological polar surface area (TPSA) is 24.9 Å². The molecule has 1 rings (SSSR count). The molecule has 0 saturated heterocycles. The third kappa shape index (κ3) is 4.92. The summed E-state index contributed by atoms with van der Waals surface area (Å²) in [6, 6.07) is 0.